The third-order valence-corrected chi connectivity index (χ3v) is 3.90. The molecule has 0 atom stereocenters. The van der Waals surface area contributed by atoms with E-state index in [0.717, 1.165) is 17.9 Å². The van der Waals surface area contributed by atoms with Gasteiger partial charge in [-0.05, 0) is 43.7 Å². The van der Waals surface area contributed by atoms with E-state index in [1.54, 1.807) is 0 Å². The number of hydrogen-bond donors (Lipinski definition) is 2. The molecule has 1 amide bonds. The van der Waals surface area contributed by atoms with Gasteiger partial charge in [0.05, 0.1) is 0 Å². The van der Waals surface area contributed by atoms with Crippen molar-refractivity contribution in [2.24, 2.45) is 0 Å². The lowest BCUT2D eigenvalue weighted by Gasteiger charge is -2.32. The number of piperidine rings is 1. The highest BCUT2D eigenvalue weighted by Gasteiger charge is 2.17. The van der Waals surface area contributed by atoms with Crippen LogP contribution in [0.1, 0.15) is 33.1 Å². The van der Waals surface area contributed by atoms with Gasteiger partial charge in [-0.1, -0.05) is 13.8 Å². The third-order valence-electron chi connectivity index (χ3n) is 3.90. The number of anilines is 2. The standard InChI is InChI=1S/C16H25N3O/c1-3-16(20)18-14-7-5-13(6-8-14)17-15-9-11-19(4-2)12-10-15/h5-8,15,17H,3-4,9-12H2,1-2H3,(H,18,20). The molecular formula is C16H25N3O. The number of carbonyl (C=O) groups excluding carboxylic acids is 1. The average molecular weight is 275 g/mol. The van der Waals surface area contributed by atoms with Crippen LogP contribution in [0.5, 0.6) is 0 Å². The van der Waals surface area contributed by atoms with E-state index in [4.69, 9.17) is 0 Å². The van der Waals surface area contributed by atoms with Crippen molar-refractivity contribution in [1.29, 1.82) is 0 Å². The number of amides is 1. The highest BCUT2D eigenvalue weighted by molar-refractivity contribution is 5.90. The second kappa shape index (κ2) is 7.29. The molecule has 4 nitrogen and oxygen atoms in total. The number of nitrogens with one attached hydrogen (secondary N) is 2. The maximum Gasteiger partial charge on any atom is 0.224 e. The van der Waals surface area contributed by atoms with Crippen LogP contribution in [0, 0.1) is 0 Å². The Hall–Kier alpha value is -1.55. The van der Waals surface area contributed by atoms with E-state index in [0.29, 0.717) is 12.5 Å². The minimum absolute atomic E-state index is 0.0534. The van der Waals surface area contributed by atoms with E-state index in [9.17, 15) is 4.79 Å². The molecule has 110 valence electrons. The molecule has 20 heavy (non-hydrogen) atoms. The molecule has 0 spiro atoms. The van der Waals surface area contributed by atoms with Gasteiger partial charge in [-0.2, -0.15) is 0 Å². The highest BCUT2D eigenvalue weighted by atomic mass is 16.1. The van der Waals surface area contributed by atoms with E-state index in [2.05, 4.69) is 22.5 Å². The van der Waals surface area contributed by atoms with Crippen LogP contribution in [0.4, 0.5) is 11.4 Å². The van der Waals surface area contributed by atoms with Crippen LogP contribution >= 0.6 is 0 Å². The highest BCUT2D eigenvalue weighted by Crippen LogP contribution is 2.18. The Morgan fingerprint density at radius 3 is 2.30 bits per heavy atom. The Morgan fingerprint density at radius 2 is 1.75 bits per heavy atom. The van der Waals surface area contributed by atoms with Crippen molar-refractivity contribution in [3.8, 4) is 0 Å². The summed E-state index contributed by atoms with van der Waals surface area (Å²) >= 11 is 0. The van der Waals surface area contributed by atoms with E-state index in [-0.39, 0.29) is 5.91 Å². The second-order valence-electron chi connectivity index (χ2n) is 5.33. The van der Waals surface area contributed by atoms with Crippen molar-refractivity contribution in [3.05, 3.63) is 24.3 Å². The zero-order valence-electron chi connectivity index (χ0n) is 12.5. The average Bonchev–Trinajstić information content (AvgIpc) is 2.50. The van der Waals surface area contributed by atoms with Gasteiger partial charge in [0.2, 0.25) is 5.91 Å². The van der Waals surface area contributed by atoms with Gasteiger partial charge in [-0.15, -0.1) is 0 Å². The molecule has 2 N–H and O–H groups in total. The lowest BCUT2D eigenvalue weighted by atomic mass is 10.0. The van der Waals surface area contributed by atoms with Crippen LogP contribution in [-0.2, 0) is 4.79 Å². The topological polar surface area (TPSA) is 44.4 Å². The fourth-order valence-corrected chi connectivity index (χ4v) is 2.53. The summed E-state index contributed by atoms with van der Waals surface area (Å²) in [5.74, 6) is 0.0534. The Morgan fingerprint density at radius 1 is 1.15 bits per heavy atom. The molecule has 1 aromatic carbocycles. The third kappa shape index (κ3) is 4.23. The van der Waals surface area contributed by atoms with Crippen LogP contribution in [0.3, 0.4) is 0 Å². The van der Waals surface area contributed by atoms with Crippen molar-refractivity contribution < 1.29 is 4.79 Å². The van der Waals surface area contributed by atoms with Crippen LogP contribution in [0.2, 0.25) is 0 Å². The molecule has 1 saturated heterocycles. The quantitative estimate of drug-likeness (QED) is 0.868. The molecule has 0 bridgehead atoms. The summed E-state index contributed by atoms with van der Waals surface area (Å²) in [5.41, 5.74) is 2.00. The van der Waals surface area contributed by atoms with E-state index >= 15 is 0 Å². The van der Waals surface area contributed by atoms with Gasteiger partial charge in [-0.3, -0.25) is 4.79 Å². The maximum atomic E-state index is 11.3. The summed E-state index contributed by atoms with van der Waals surface area (Å²) in [7, 11) is 0. The normalized spacial score (nSPS) is 16.9. The Balaban J connectivity index is 1.83. The first-order valence-corrected chi connectivity index (χ1v) is 7.60. The first-order chi connectivity index (χ1) is 9.71. The zero-order valence-corrected chi connectivity index (χ0v) is 12.5. The molecule has 0 aromatic heterocycles. The number of benzene rings is 1. The zero-order chi connectivity index (χ0) is 14.4. The summed E-state index contributed by atoms with van der Waals surface area (Å²) in [6.07, 6.45) is 2.90. The molecular weight excluding hydrogens is 250 g/mol. The summed E-state index contributed by atoms with van der Waals surface area (Å²) in [6, 6.07) is 8.55. The number of rotatable bonds is 5. The van der Waals surface area contributed by atoms with Crippen LogP contribution in [0.15, 0.2) is 24.3 Å². The number of carbonyl (C=O) groups is 1. The molecule has 1 heterocycles. The minimum atomic E-state index is 0.0534. The first-order valence-electron chi connectivity index (χ1n) is 7.60. The molecule has 1 aromatic rings. The van der Waals surface area contributed by atoms with Gasteiger partial charge < -0.3 is 15.5 Å². The summed E-state index contributed by atoms with van der Waals surface area (Å²) in [4.78, 5) is 13.8. The Labute approximate surface area is 121 Å². The fourth-order valence-electron chi connectivity index (χ4n) is 2.53. The molecule has 1 aliphatic heterocycles. The van der Waals surface area contributed by atoms with E-state index in [1.165, 1.54) is 25.9 Å². The number of likely N-dealkylation sites (tertiary alicyclic amines) is 1. The lowest BCUT2D eigenvalue weighted by Crippen LogP contribution is -2.38. The maximum absolute atomic E-state index is 11.3. The SMILES string of the molecule is CCC(=O)Nc1ccc(NC2CCN(CC)CC2)cc1. The van der Waals surface area contributed by atoms with Crippen molar-refractivity contribution >= 4 is 17.3 Å². The Bertz CT molecular complexity index is 422. The van der Waals surface area contributed by atoms with Gasteiger partial charge in [-0.25, -0.2) is 0 Å². The molecule has 0 radical (unpaired) electrons. The Kier molecular flexibility index (Phi) is 5.41. The number of nitrogens with zero attached hydrogens (tertiary/aromatic N) is 1. The molecule has 1 fully saturated rings. The van der Waals surface area contributed by atoms with Gasteiger partial charge in [0, 0.05) is 36.9 Å². The van der Waals surface area contributed by atoms with Crippen molar-refractivity contribution in [1.82, 2.24) is 4.90 Å². The minimum Gasteiger partial charge on any atom is -0.382 e. The smallest absolute Gasteiger partial charge is 0.224 e. The summed E-state index contributed by atoms with van der Waals surface area (Å²) in [5, 5.41) is 6.44. The van der Waals surface area contributed by atoms with E-state index in [1.807, 2.05) is 31.2 Å². The first kappa shape index (κ1) is 14.9. The molecule has 4 heteroatoms. The monoisotopic (exact) mass is 275 g/mol. The number of hydrogen-bond acceptors (Lipinski definition) is 3. The van der Waals surface area contributed by atoms with Crippen molar-refractivity contribution in [3.63, 3.8) is 0 Å². The molecule has 2 rings (SSSR count). The van der Waals surface area contributed by atoms with Crippen molar-refractivity contribution in [2.45, 2.75) is 39.2 Å². The second-order valence-corrected chi connectivity index (χ2v) is 5.33. The molecule has 0 saturated carbocycles. The molecule has 0 aliphatic carbocycles. The van der Waals surface area contributed by atoms with Gasteiger partial charge in [0.1, 0.15) is 0 Å². The summed E-state index contributed by atoms with van der Waals surface area (Å²) < 4.78 is 0. The van der Waals surface area contributed by atoms with Gasteiger partial charge in [0.25, 0.3) is 0 Å². The molecule has 1 aliphatic rings. The van der Waals surface area contributed by atoms with Crippen molar-refractivity contribution in [2.75, 3.05) is 30.3 Å². The lowest BCUT2D eigenvalue weighted by molar-refractivity contribution is -0.115. The van der Waals surface area contributed by atoms with Crippen LogP contribution in [0.25, 0.3) is 0 Å². The predicted octanol–water partition coefficient (Wildman–Crippen LogP) is 2.93. The fraction of sp³-hybridized carbons (Fsp3) is 0.562. The van der Waals surface area contributed by atoms with Crippen LogP contribution < -0.4 is 10.6 Å². The van der Waals surface area contributed by atoms with Crippen LogP contribution in [-0.4, -0.2) is 36.5 Å². The van der Waals surface area contributed by atoms with Gasteiger partial charge >= 0.3 is 0 Å². The largest absolute Gasteiger partial charge is 0.382 e. The molecule has 0 unspecified atom stereocenters. The van der Waals surface area contributed by atoms with Gasteiger partial charge in [0.15, 0.2) is 0 Å². The predicted molar refractivity (Wildman–Crippen MR) is 84.1 cm³/mol. The van der Waals surface area contributed by atoms with E-state index < -0.39 is 0 Å². The summed E-state index contributed by atoms with van der Waals surface area (Å²) in [6.45, 7) is 7.58.